The maximum Gasteiger partial charge on any atom is 0.184 e. The van der Waals surface area contributed by atoms with Crippen LogP contribution in [0.25, 0.3) is 10.9 Å². The molecule has 4 nitrogen and oxygen atoms in total. The number of rotatable bonds is 5. The Labute approximate surface area is 163 Å². The third-order valence-corrected chi connectivity index (χ3v) is 7.01. The smallest absolute Gasteiger partial charge is 0.184 e. The Hall–Kier alpha value is -1.69. The molecule has 3 fully saturated rings. The molecule has 1 aromatic carbocycles. The lowest BCUT2D eigenvalue weighted by Crippen LogP contribution is -2.56. The fraction of sp³-hybridized carbons (Fsp3) is 0.500. The van der Waals surface area contributed by atoms with Gasteiger partial charge in [0.15, 0.2) is 8.32 Å². The van der Waals surface area contributed by atoms with Crippen LogP contribution in [0.1, 0.15) is 24.5 Å². The summed E-state index contributed by atoms with van der Waals surface area (Å²) >= 11 is 0. The van der Waals surface area contributed by atoms with Crippen molar-refractivity contribution in [2.24, 2.45) is 11.8 Å². The molecule has 5 rings (SSSR count). The minimum atomic E-state index is -1.77. The number of nitrogens with zero attached hydrogens (tertiary/aromatic N) is 2. The van der Waals surface area contributed by atoms with Crippen LogP contribution in [0.15, 0.2) is 43.1 Å². The minimum Gasteiger partial charge on any atom is -0.508 e. The van der Waals surface area contributed by atoms with Crippen molar-refractivity contribution in [1.29, 1.82) is 0 Å². The summed E-state index contributed by atoms with van der Waals surface area (Å²) in [4.78, 5) is 7.10. The van der Waals surface area contributed by atoms with Gasteiger partial charge < -0.3 is 9.53 Å². The van der Waals surface area contributed by atoms with Gasteiger partial charge >= 0.3 is 0 Å². The van der Waals surface area contributed by atoms with Gasteiger partial charge in [0, 0.05) is 24.2 Å². The van der Waals surface area contributed by atoms with Gasteiger partial charge in [0.25, 0.3) is 0 Å². The topological polar surface area (TPSA) is 45.6 Å². The molecule has 27 heavy (non-hydrogen) atoms. The molecule has 5 atom stereocenters. The normalized spacial score (nSPS) is 29.0. The average molecular weight is 383 g/mol. The van der Waals surface area contributed by atoms with Crippen molar-refractivity contribution in [3.05, 3.63) is 48.7 Å². The van der Waals surface area contributed by atoms with Crippen molar-refractivity contribution in [2.75, 3.05) is 13.1 Å². The molecule has 0 radical (unpaired) electrons. The monoisotopic (exact) mass is 382 g/mol. The van der Waals surface area contributed by atoms with Gasteiger partial charge in [-0.3, -0.25) is 9.88 Å². The number of hydrogen-bond donors (Lipinski definition) is 1. The zero-order valence-electron chi connectivity index (χ0n) is 16.6. The number of hydrogen-bond acceptors (Lipinski definition) is 4. The number of fused-ring (bicyclic) bond motifs is 4. The first-order chi connectivity index (χ1) is 12.9. The summed E-state index contributed by atoms with van der Waals surface area (Å²) in [5.41, 5.74) is 2.07. The molecule has 4 heterocycles. The molecule has 0 aliphatic carbocycles. The Kier molecular flexibility index (Phi) is 4.87. The molecular weight excluding hydrogens is 352 g/mol. The molecule has 0 saturated carbocycles. The average Bonchev–Trinajstić information content (AvgIpc) is 2.65. The zero-order valence-corrected chi connectivity index (χ0v) is 17.6. The molecule has 2 aromatic rings. The fourth-order valence-electron chi connectivity index (χ4n) is 4.83. The van der Waals surface area contributed by atoms with Crippen LogP contribution < -0.4 is 0 Å². The summed E-state index contributed by atoms with van der Waals surface area (Å²) in [7, 11) is -1.77. The molecule has 3 aliphatic rings. The summed E-state index contributed by atoms with van der Waals surface area (Å²) < 4.78 is 6.79. The summed E-state index contributed by atoms with van der Waals surface area (Å²) in [6, 6.07) is 7.89. The first-order valence-electron chi connectivity index (χ1n) is 9.98. The standard InChI is InChI=1S/C22H30N2O2Si/c1-5-15-14-24-11-9-16(15)12-21(24)22(26-27(2,3)4)18-8-10-23-20-7-6-17(25)13-19(18)20/h5-8,10,13,15-16,21-22,25H,1,9,11-12,14H2,2-4H3/t15?,16?,21?,22-/m0/s1. The van der Waals surface area contributed by atoms with Crippen molar-refractivity contribution >= 4 is 19.2 Å². The molecule has 0 spiro atoms. The molecule has 3 saturated heterocycles. The van der Waals surface area contributed by atoms with Gasteiger partial charge in [-0.2, -0.15) is 0 Å². The fourth-order valence-corrected chi connectivity index (χ4v) is 5.87. The number of benzene rings is 1. The Balaban J connectivity index is 1.77. The largest absolute Gasteiger partial charge is 0.508 e. The van der Waals surface area contributed by atoms with E-state index in [0.717, 1.165) is 36.0 Å². The molecule has 1 aromatic heterocycles. The summed E-state index contributed by atoms with van der Waals surface area (Å²) in [5, 5.41) is 11.1. The van der Waals surface area contributed by atoms with Gasteiger partial charge in [-0.15, -0.1) is 6.58 Å². The minimum absolute atomic E-state index is 0.0116. The summed E-state index contributed by atoms with van der Waals surface area (Å²) in [5.74, 6) is 1.58. The summed E-state index contributed by atoms with van der Waals surface area (Å²) in [6.07, 6.45) is 6.43. The number of piperidine rings is 3. The maximum absolute atomic E-state index is 10.1. The van der Waals surface area contributed by atoms with E-state index in [2.05, 4.69) is 48.2 Å². The highest BCUT2D eigenvalue weighted by atomic mass is 28.4. The second-order valence-electron chi connectivity index (χ2n) is 9.00. The molecule has 3 aliphatic heterocycles. The molecule has 1 N–H and O–H groups in total. The van der Waals surface area contributed by atoms with Gasteiger partial charge in [-0.25, -0.2) is 0 Å². The van der Waals surface area contributed by atoms with Crippen LogP contribution in [0.2, 0.25) is 19.6 Å². The highest BCUT2D eigenvalue weighted by Gasteiger charge is 2.44. The molecule has 4 unspecified atom stereocenters. The highest BCUT2D eigenvalue weighted by molar-refractivity contribution is 6.69. The van der Waals surface area contributed by atoms with E-state index in [1.54, 1.807) is 6.07 Å². The van der Waals surface area contributed by atoms with E-state index in [4.69, 9.17) is 4.43 Å². The van der Waals surface area contributed by atoms with Crippen molar-refractivity contribution in [3.8, 4) is 5.75 Å². The lowest BCUT2D eigenvalue weighted by atomic mass is 9.73. The van der Waals surface area contributed by atoms with Crippen LogP contribution in [0.5, 0.6) is 5.75 Å². The molecule has 2 bridgehead atoms. The van der Waals surface area contributed by atoms with E-state index >= 15 is 0 Å². The second kappa shape index (κ2) is 7.04. The number of phenols is 1. The Bertz CT molecular complexity index is 848. The zero-order chi connectivity index (χ0) is 19.2. The van der Waals surface area contributed by atoms with Crippen LogP contribution in [0.4, 0.5) is 0 Å². The lowest BCUT2D eigenvalue weighted by Gasteiger charge is -2.52. The van der Waals surface area contributed by atoms with Crippen LogP contribution >= 0.6 is 0 Å². The molecule has 0 amide bonds. The quantitative estimate of drug-likeness (QED) is 0.600. The molecule has 144 valence electrons. The predicted octanol–water partition coefficient (Wildman–Crippen LogP) is 4.73. The first kappa shape index (κ1) is 18.7. The van der Waals surface area contributed by atoms with E-state index in [-0.39, 0.29) is 11.9 Å². The Morgan fingerprint density at radius 2 is 2.15 bits per heavy atom. The van der Waals surface area contributed by atoms with Crippen LogP contribution in [-0.2, 0) is 4.43 Å². The van der Waals surface area contributed by atoms with E-state index in [1.165, 1.54) is 6.42 Å². The van der Waals surface area contributed by atoms with Crippen LogP contribution in [0, 0.1) is 11.8 Å². The number of aromatic hydroxyl groups is 1. The highest BCUT2D eigenvalue weighted by Crippen LogP contribution is 2.44. The number of aromatic nitrogens is 1. The summed E-state index contributed by atoms with van der Waals surface area (Å²) in [6.45, 7) is 13.0. The van der Waals surface area contributed by atoms with Gasteiger partial charge in [0.1, 0.15) is 5.75 Å². The number of pyridine rings is 1. The van der Waals surface area contributed by atoms with Gasteiger partial charge in [-0.05, 0) is 80.7 Å². The van der Waals surface area contributed by atoms with Crippen molar-refractivity contribution in [2.45, 2.75) is 44.6 Å². The Morgan fingerprint density at radius 1 is 1.33 bits per heavy atom. The van der Waals surface area contributed by atoms with Gasteiger partial charge in [0.05, 0.1) is 11.6 Å². The van der Waals surface area contributed by atoms with Crippen LogP contribution in [-0.4, -0.2) is 42.4 Å². The van der Waals surface area contributed by atoms with E-state index < -0.39 is 8.32 Å². The second-order valence-corrected chi connectivity index (χ2v) is 13.5. The maximum atomic E-state index is 10.1. The van der Waals surface area contributed by atoms with Crippen LogP contribution in [0.3, 0.4) is 0 Å². The first-order valence-corrected chi connectivity index (χ1v) is 13.4. The third kappa shape index (κ3) is 3.68. The van der Waals surface area contributed by atoms with Crippen molar-refractivity contribution in [3.63, 3.8) is 0 Å². The van der Waals surface area contributed by atoms with E-state index in [0.29, 0.717) is 17.9 Å². The van der Waals surface area contributed by atoms with Crippen molar-refractivity contribution < 1.29 is 9.53 Å². The predicted molar refractivity (Wildman–Crippen MR) is 112 cm³/mol. The van der Waals surface area contributed by atoms with Crippen molar-refractivity contribution in [1.82, 2.24) is 9.88 Å². The van der Waals surface area contributed by atoms with E-state index in [9.17, 15) is 5.11 Å². The Morgan fingerprint density at radius 3 is 2.81 bits per heavy atom. The lowest BCUT2D eigenvalue weighted by molar-refractivity contribution is -0.0382. The van der Waals surface area contributed by atoms with Gasteiger partial charge in [-0.1, -0.05) is 6.08 Å². The number of phenolic OH excluding ortho intramolecular Hbond substituents is 1. The third-order valence-electron chi connectivity index (χ3n) is 6.05. The SMILES string of the molecule is C=CC1CN2CCC1CC2[C@@H](O[Si](C)(C)C)c1ccnc2ccc(O)cc12. The van der Waals surface area contributed by atoms with Gasteiger partial charge in [0.2, 0.25) is 0 Å². The van der Waals surface area contributed by atoms with E-state index in [1.807, 2.05) is 18.3 Å². The molecular formula is C22H30N2O2Si. The molecule has 5 heteroatoms.